The molecule has 8 heteroatoms. The second kappa shape index (κ2) is 9.70. The molecule has 0 saturated carbocycles. The van der Waals surface area contributed by atoms with Crippen molar-refractivity contribution in [1.29, 1.82) is 0 Å². The normalized spacial score (nSPS) is 18.4. The summed E-state index contributed by atoms with van der Waals surface area (Å²) in [5.41, 5.74) is 1.21. The van der Waals surface area contributed by atoms with E-state index >= 15 is 0 Å². The van der Waals surface area contributed by atoms with Crippen LogP contribution >= 0.6 is 0 Å². The molecule has 2 saturated heterocycles. The Morgan fingerprint density at radius 3 is 2.33 bits per heavy atom. The van der Waals surface area contributed by atoms with Gasteiger partial charge in [0.1, 0.15) is 6.10 Å². The molecule has 3 aromatic rings. The van der Waals surface area contributed by atoms with Gasteiger partial charge in [0.2, 0.25) is 0 Å². The third-order valence-corrected chi connectivity index (χ3v) is 6.57. The zero-order valence-corrected chi connectivity index (χ0v) is 18.5. The van der Waals surface area contributed by atoms with E-state index in [1.165, 1.54) is 10.9 Å². The zero-order valence-electron chi connectivity index (χ0n) is 18.5. The van der Waals surface area contributed by atoms with E-state index in [4.69, 9.17) is 4.74 Å². The minimum atomic E-state index is -0.305. The minimum absolute atomic E-state index is 0.0482. The maximum Gasteiger partial charge on any atom is 0.276 e. The van der Waals surface area contributed by atoms with Gasteiger partial charge in [0.25, 0.3) is 5.91 Å². The molecule has 7 nitrogen and oxygen atoms in total. The van der Waals surface area contributed by atoms with Gasteiger partial charge in [-0.15, -0.1) is 5.10 Å². The molecule has 0 unspecified atom stereocenters. The summed E-state index contributed by atoms with van der Waals surface area (Å²) in [5.74, 6) is -0.0274. The fourth-order valence-electron chi connectivity index (χ4n) is 4.72. The van der Waals surface area contributed by atoms with Crippen LogP contribution in [-0.2, 0) is 0 Å². The summed E-state index contributed by atoms with van der Waals surface area (Å²) in [4.78, 5) is 18.8. The Morgan fingerprint density at radius 1 is 0.909 bits per heavy atom. The Kier molecular flexibility index (Phi) is 6.35. The largest absolute Gasteiger partial charge is 0.487 e. The fraction of sp³-hybridized carbons (Fsp3) is 0.400. The number of hydrogen-bond donors (Lipinski definition) is 0. The van der Waals surface area contributed by atoms with E-state index in [0.29, 0.717) is 30.6 Å². The standard InChI is InChI=1S/C25H28FN5O2/c26-22-8-4-5-9-24(22)33-21-12-16-29(17-13-21)19-10-14-30(15-11-19)25(32)23-18-27-31(28-23)20-6-2-1-3-7-20/h1-9,18-19,21H,10-17H2. The van der Waals surface area contributed by atoms with Gasteiger partial charge in [-0.2, -0.15) is 9.90 Å². The molecule has 1 aromatic heterocycles. The zero-order chi connectivity index (χ0) is 22.6. The number of piperidine rings is 2. The van der Waals surface area contributed by atoms with E-state index in [0.717, 1.165) is 44.5 Å². The molecule has 172 valence electrons. The third-order valence-electron chi connectivity index (χ3n) is 6.57. The number of benzene rings is 2. The first-order valence-corrected chi connectivity index (χ1v) is 11.6. The van der Waals surface area contributed by atoms with Crippen LogP contribution in [0.25, 0.3) is 5.69 Å². The van der Waals surface area contributed by atoms with Crippen molar-refractivity contribution in [1.82, 2.24) is 24.8 Å². The van der Waals surface area contributed by atoms with Crippen LogP contribution in [-0.4, -0.2) is 69.0 Å². The van der Waals surface area contributed by atoms with Gasteiger partial charge >= 0.3 is 0 Å². The van der Waals surface area contributed by atoms with Gasteiger partial charge in [0, 0.05) is 32.2 Å². The molecule has 0 N–H and O–H groups in total. The molecule has 5 rings (SSSR count). The highest BCUT2D eigenvalue weighted by molar-refractivity contribution is 5.92. The van der Waals surface area contributed by atoms with Crippen molar-refractivity contribution in [2.75, 3.05) is 26.2 Å². The van der Waals surface area contributed by atoms with Crippen molar-refractivity contribution in [2.24, 2.45) is 0 Å². The van der Waals surface area contributed by atoms with Crippen LogP contribution in [0.2, 0.25) is 0 Å². The van der Waals surface area contributed by atoms with Crippen molar-refractivity contribution in [3.63, 3.8) is 0 Å². The molecule has 3 heterocycles. The monoisotopic (exact) mass is 449 g/mol. The van der Waals surface area contributed by atoms with Crippen LogP contribution in [0.1, 0.15) is 36.2 Å². The van der Waals surface area contributed by atoms with Crippen LogP contribution in [0, 0.1) is 5.82 Å². The van der Waals surface area contributed by atoms with Crippen molar-refractivity contribution in [3.8, 4) is 11.4 Å². The number of amides is 1. The number of hydrogen-bond acceptors (Lipinski definition) is 5. The topological polar surface area (TPSA) is 63.5 Å². The summed E-state index contributed by atoms with van der Waals surface area (Å²) < 4.78 is 19.7. The number of aromatic nitrogens is 3. The van der Waals surface area contributed by atoms with E-state index in [9.17, 15) is 9.18 Å². The number of rotatable bonds is 5. The number of para-hydroxylation sites is 2. The van der Waals surface area contributed by atoms with E-state index < -0.39 is 0 Å². The molecule has 0 atom stereocenters. The molecule has 0 radical (unpaired) electrons. The van der Waals surface area contributed by atoms with Crippen LogP contribution in [0.15, 0.2) is 60.8 Å². The average Bonchev–Trinajstić information content (AvgIpc) is 3.37. The lowest BCUT2D eigenvalue weighted by molar-refractivity contribution is 0.0413. The Bertz CT molecular complexity index is 1070. The lowest BCUT2D eigenvalue weighted by Gasteiger charge is -2.41. The predicted octanol–water partition coefficient (Wildman–Crippen LogP) is 3.55. The van der Waals surface area contributed by atoms with Gasteiger partial charge in [-0.3, -0.25) is 9.69 Å². The van der Waals surface area contributed by atoms with E-state index in [1.54, 1.807) is 24.4 Å². The molecule has 2 fully saturated rings. The van der Waals surface area contributed by atoms with E-state index in [-0.39, 0.29) is 17.8 Å². The Balaban J connectivity index is 1.10. The summed E-state index contributed by atoms with van der Waals surface area (Å²) in [7, 11) is 0. The Morgan fingerprint density at radius 2 is 1.61 bits per heavy atom. The molecular formula is C25H28FN5O2. The minimum Gasteiger partial charge on any atom is -0.487 e. The Hall–Kier alpha value is -3.26. The SMILES string of the molecule is O=C(c1cnn(-c2ccccc2)n1)N1CCC(N2CCC(Oc3ccccc3F)CC2)CC1. The highest BCUT2D eigenvalue weighted by Gasteiger charge is 2.31. The van der Waals surface area contributed by atoms with Crippen LogP contribution in [0.3, 0.4) is 0 Å². The highest BCUT2D eigenvalue weighted by Crippen LogP contribution is 2.25. The molecule has 0 aliphatic carbocycles. The molecule has 0 spiro atoms. The summed E-state index contributed by atoms with van der Waals surface area (Å²) in [6.07, 6.45) is 5.25. The molecule has 2 aromatic carbocycles. The molecule has 0 bridgehead atoms. The molecular weight excluding hydrogens is 421 g/mol. The second-order valence-corrected chi connectivity index (χ2v) is 8.66. The first-order chi connectivity index (χ1) is 16.2. The average molecular weight is 450 g/mol. The van der Waals surface area contributed by atoms with Crippen molar-refractivity contribution in [2.45, 2.75) is 37.8 Å². The van der Waals surface area contributed by atoms with Crippen LogP contribution < -0.4 is 4.74 Å². The third kappa shape index (κ3) is 4.90. The van der Waals surface area contributed by atoms with Gasteiger partial charge in [-0.05, 0) is 49.9 Å². The van der Waals surface area contributed by atoms with Crippen molar-refractivity contribution in [3.05, 3.63) is 72.3 Å². The van der Waals surface area contributed by atoms with Gasteiger partial charge in [-0.25, -0.2) is 4.39 Å². The maximum atomic E-state index is 13.8. The van der Waals surface area contributed by atoms with Crippen LogP contribution in [0.5, 0.6) is 5.75 Å². The number of halogens is 1. The number of likely N-dealkylation sites (tertiary alicyclic amines) is 2. The first kappa shape index (κ1) is 21.6. The van der Waals surface area contributed by atoms with Crippen LogP contribution in [0.4, 0.5) is 4.39 Å². The molecule has 1 amide bonds. The summed E-state index contributed by atoms with van der Waals surface area (Å²) >= 11 is 0. The van der Waals surface area contributed by atoms with E-state index in [1.807, 2.05) is 35.2 Å². The molecule has 2 aliphatic rings. The van der Waals surface area contributed by atoms with Gasteiger partial charge in [0.15, 0.2) is 17.3 Å². The second-order valence-electron chi connectivity index (χ2n) is 8.66. The number of carbonyl (C=O) groups is 1. The number of nitrogens with zero attached hydrogens (tertiary/aromatic N) is 5. The highest BCUT2D eigenvalue weighted by atomic mass is 19.1. The number of ether oxygens (including phenoxy) is 1. The first-order valence-electron chi connectivity index (χ1n) is 11.6. The summed E-state index contributed by atoms with van der Waals surface area (Å²) in [6, 6.07) is 16.6. The molecule has 2 aliphatic heterocycles. The summed E-state index contributed by atoms with van der Waals surface area (Å²) in [5, 5.41) is 8.62. The smallest absolute Gasteiger partial charge is 0.276 e. The number of carbonyl (C=O) groups excluding carboxylic acids is 1. The maximum absolute atomic E-state index is 13.8. The fourth-order valence-corrected chi connectivity index (χ4v) is 4.72. The lowest BCUT2D eigenvalue weighted by Crippen LogP contribution is -2.50. The lowest BCUT2D eigenvalue weighted by atomic mass is 9.98. The van der Waals surface area contributed by atoms with Crippen molar-refractivity contribution >= 4 is 5.91 Å². The van der Waals surface area contributed by atoms with Gasteiger partial charge in [0.05, 0.1) is 11.9 Å². The van der Waals surface area contributed by atoms with Crippen molar-refractivity contribution < 1.29 is 13.9 Å². The quantitative estimate of drug-likeness (QED) is 0.596. The van der Waals surface area contributed by atoms with E-state index in [2.05, 4.69) is 15.1 Å². The van der Waals surface area contributed by atoms with Gasteiger partial charge in [-0.1, -0.05) is 30.3 Å². The van der Waals surface area contributed by atoms with Gasteiger partial charge < -0.3 is 9.64 Å². The Labute approximate surface area is 192 Å². The predicted molar refractivity (Wildman–Crippen MR) is 122 cm³/mol. The molecule has 33 heavy (non-hydrogen) atoms. The summed E-state index contributed by atoms with van der Waals surface area (Å²) in [6.45, 7) is 3.30.